The lowest BCUT2D eigenvalue weighted by Crippen LogP contribution is -2.16. The Kier molecular flexibility index (Phi) is 4.13. The van der Waals surface area contributed by atoms with Gasteiger partial charge < -0.3 is 5.73 Å². The van der Waals surface area contributed by atoms with E-state index in [1.807, 2.05) is 0 Å². The molecule has 0 aliphatic heterocycles. The fourth-order valence-corrected chi connectivity index (χ4v) is 3.76. The molecule has 20 heavy (non-hydrogen) atoms. The van der Waals surface area contributed by atoms with Crippen LogP contribution in [-0.4, -0.2) is 8.42 Å². The Morgan fingerprint density at radius 2 is 1.85 bits per heavy atom. The van der Waals surface area contributed by atoms with Gasteiger partial charge in [0.2, 0.25) is 0 Å². The largest absolute Gasteiger partial charge is 0.398 e. The fraction of sp³-hybridized carbons (Fsp3) is 0.0769. The second-order valence-electron chi connectivity index (χ2n) is 4.22. The van der Waals surface area contributed by atoms with Crippen LogP contribution in [0.2, 0.25) is 10.0 Å². The van der Waals surface area contributed by atoms with Crippen molar-refractivity contribution in [1.82, 2.24) is 0 Å². The molecule has 0 amide bonds. The summed E-state index contributed by atoms with van der Waals surface area (Å²) in [5.74, 6) is 0. The van der Waals surface area contributed by atoms with Gasteiger partial charge in [0.25, 0.3) is 10.0 Å². The van der Waals surface area contributed by atoms with Gasteiger partial charge in [-0.05, 0) is 36.8 Å². The minimum absolute atomic E-state index is 0.0472. The van der Waals surface area contributed by atoms with E-state index in [0.717, 1.165) is 0 Å². The molecule has 0 aromatic heterocycles. The standard InChI is InChI=1S/C13H12Cl2N2O2S/c1-8-3-2-4-11(16)13(8)20(18,19)17-12-6-5-9(14)7-10(12)15/h2-7,17H,16H2,1H3. The molecular weight excluding hydrogens is 319 g/mol. The number of nitrogens with two attached hydrogens (primary N) is 1. The second kappa shape index (κ2) is 5.52. The molecule has 0 fully saturated rings. The highest BCUT2D eigenvalue weighted by molar-refractivity contribution is 7.93. The number of nitrogen functional groups attached to an aromatic ring is 1. The maximum atomic E-state index is 12.4. The summed E-state index contributed by atoms with van der Waals surface area (Å²) in [5.41, 5.74) is 6.74. The molecule has 106 valence electrons. The van der Waals surface area contributed by atoms with Crippen molar-refractivity contribution in [3.63, 3.8) is 0 Å². The van der Waals surface area contributed by atoms with Gasteiger partial charge >= 0.3 is 0 Å². The minimum atomic E-state index is -3.81. The van der Waals surface area contributed by atoms with Crippen LogP contribution < -0.4 is 10.5 Å². The van der Waals surface area contributed by atoms with Gasteiger partial charge in [-0.1, -0.05) is 35.3 Å². The van der Waals surface area contributed by atoms with Crippen LogP contribution in [0.4, 0.5) is 11.4 Å². The van der Waals surface area contributed by atoms with Gasteiger partial charge in [-0.15, -0.1) is 0 Å². The summed E-state index contributed by atoms with van der Waals surface area (Å²) >= 11 is 11.7. The molecule has 2 aromatic carbocycles. The lowest BCUT2D eigenvalue weighted by atomic mass is 10.2. The van der Waals surface area contributed by atoms with Gasteiger partial charge in [0.05, 0.1) is 16.4 Å². The molecule has 0 heterocycles. The summed E-state index contributed by atoms with van der Waals surface area (Å²) in [4.78, 5) is 0.0472. The van der Waals surface area contributed by atoms with Crippen LogP contribution in [0, 0.1) is 6.92 Å². The van der Waals surface area contributed by atoms with E-state index < -0.39 is 10.0 Å². The van der Waals surface area contributed by atoms with E-state index in [1.54, 1.807) is 25.1 Å². The van der Waals surface area contributed by atoms with E-state index in [1.165, 1.54) is 18.2 Å². The monoisotopic (exact) mass is 330 g/mol. The van der Waals surface area contributed by atoms with Gasteiger partial charge in [0.15, 0.2) is 0 Å². The first kappa shape index (κ1) is 15.0. The molecule has 0 aliphatic rings. The van der Waals surface area contributed by atoms with Gasteiger partial charge in [-0.25, -0.2) is 8.42 Å². The Morgan fingerprint density at radius 3 is 2.45 bits per heavy atom. The number of nitrogens with one attached hydrogen (secondary N) is 1. The van der Waals surface area contributed by atoms with Gasteiger partial charge in [0, 0.05) is 5.02 Å². The Labute approximate surface area is 127 Å². The predicted molar refractivity (Wildman–Crippen MR) is 82.9 cm³/mol. The Hall–Kier alpha value is -1.43. The molecular formula is C13H12Cl2N2O2S. The van der Waals surface area contributed by atoms with E-state index in [2.05, 4.69) is 4.72 Å². The zero-order valence-corrected chi connectivity index (χ0v) is 12.9. The number of benzene rings is 2. The smallest absolute Gasteiger partial charge is 0.264 e. The molecule has 0 bridgehead atoms. The van der Waals surface area contributed by atoms with Crippen LogP contribution in [0.25, 0.3) is 0 Å². The Morgan fingerprint density at radius 1 is 1.15 bits per heavy atom. The van der Waals surface area contributed by atoms with Crippen molar-refractivity contribution in [3.8, 4) is 0 Å². The average Bonchev–Trinajstić information content (AvgIpc) is 2.32. The lowest BCUT2D eigenvalue weighted by Gasteiger charge is -2.13. The molecule has 0 unspecified atom stereocenters. The number of hydrogen-bond acceptors (Lipinski definition) is 3. The minimum Gasteiger partial charge on any atom is -0.398 e. The summed E-state index contributed by atoms with van der Waals surface area (Å²) < 4.78 is 27.2. The first-order chi connectivity index (χ1) is 9.31. The molecule has 0 spiro atoms. The maximum absolute atomic E-state index is 12.4. The highest BCUT2D eigenvalue weighted by atomic mass is 35.5. The molecule has 0 saturated heterocycles. The van der Waals surface area contributed by atoms with Crippen LogP contribution in [-0.2, 0) is 10.0 Å². The highest BCUT2D eigenvalue weighted by Crippen LogP contribution is 2.30. The fourth-order valence-electron chi connectivity index (χ4n) is 1.81. The third kappa shape index (κ3) is 3.00. The highest BCUT2D eigenvalue weighted by Gasteiger charge is 2.21. The molecule has 2 rings (SSSR count). The molecule has 3 N–H and O–H groups in total. The van der Waals surface area contributed by atoms with Crippen molar-refractivity contribution in [1.29, 1.82) is 0 Å². The number of hydrogen-bond donors (Lipinski definition) is 2. The Bertz CT molecular complexity index is 741. The summed E-state index contributed by atoms with van der Waals surface area (Å²) in [5, 5.41) is 0.640. The summed E-state index contributed by atoms with van der Waals surface area (Å²) in [6, 6.07) is 9.41. The van der Waals surface area contributed by atoms with Crippen molar-refractivity contribution in [2.24, 2.45) is 0 Å². The number of sulfonamides is 1. The van der Waals surface area contributed by atoms with Crippen LogP contribution >= 0.6 is 23.2 Å². The van der Waals surface area contributed by atoms with Gasteiger partial charge in [0.1, 0.15) is 4.90 Å². The topological polar surface area (TPSA) is 72.2 Å². The normalized spacial score (nSPS) is 11.3. The zero-order chi connectivity index (χ0) is 14.9. The van der Waals surface area contributed by atoms with E-state index in [-0.39, 0.29) is 21.3 Å². The molecule has 0 radical (unpaired) electrons. The van der Waals surface area contributed by atoms with Crippen molar-refractivity contribution in [3.05, 3.63) is 52.0 Å². The quantitative estimate of drug-likeness (QED) is 0.843. The summed E-state index contributed by atoms with van der Waals surface area (Å²) in [6.45, 7) is 1.67. The van der Waals surface area contributed by atoms with E-state index in [0.29, 0.717) is 10.6 Å². The molecule has 0 atom stereocenters. The third-order valence-corrected chi connectivity index (χ3v) is 4.82. The van der Waals surface area contributed by atoms with E-state index in [9.17, 15) is 8.42 Å². The van der Waals surface area contributed by atoms with Crippen molar-refractivity contribution in [2.45, 2.75) is 11.8 Å². The number of aryl methyl sites for hydroxylation is 1. The molecule has 2 aromatic rings. The molecule has 0 saturated carbocycles. The number of rotatable bonds is 3. The zero-order valence-electron chi connectivity index (χ0n) is 10.5. The average molecular weight is 331 g/mol. The van der Waals surface area contributed by atoms with Crippen molar-refractivity contribution in [2.75, 3.05) is 10.5 Å². The van der Waals surface area contributed by atoms with Crippen LogP contribution in [0.5, 0.6) is 0 Å². The van der Waals surface area contributed by atoms with Crippen LogP contribution in [0.1, 0.15) is 5.56 Å². The number of halogens is 2. The second-order valence-corrected chi connectivity index (χ2v) is 6.69. The molecule has 4 nitrogen and oxygen atoms in total. The van der Waals surface area contributed by atoms with Gasteiger partial charge in [-0.3, -0.25) is 4.72 Å². The summed E-state index contributed by atoms with van der Waals surface area (Å²) in [7, 11) is -3.81. The van der Waals surface area contributed by atoms with E-state index >= 15 is 0 Å². The predicted octanol–water partition coefficient (Wildman–Crippen LogP) is 3.68. The molecule has 7 heteroatoms. The van der Waals surface area contributed by atoms with Crippen LogP contribution in [0.15, 0.2) is 41.3 Å². The summed E-state index contributed by atoms with van der Waals surface area (Å²) in [6.07, 6.45) is 0. The first-order valence-electron chi connectivity index (χ1n) is 5.64. The number of anilines is 2. The van der Waals surface area contributed by atoms with E-state index in [4.69, 9.17) is 28.9 Å². The van der Waals surface area contributed by atoms with Crippen molar-refractivity contribution >= 4 is 44.6 Å². The maximum Gasteiger partial charge on any atom is 0.264 e. The van der Waals surface area contributed by atoms with Crippen molar-refractivity contribution < 1.29 is 8.42 Å². The first-order valence-corrected chi connectivity index (χ1v) is 7.88. The third-order valence-electron chi connectivity index (χ3n) is 2.69. The van der Waals surface area contributed by atoms with Gasteiger partial charge in [-0.2, -0.15) is 0 Å². The molecule has 0 aliphatic carbocycles. The lowest BCUT2D eigenvalue weighted by molar-refractivity contribution is 0.601. The Balaban J connectivity index is 2.46. The SMILES string of the molecule is Cc1cccc(N)c1S(=O)(=O)Nc1ccc(Cl)cc1Cl. The van der Waals surface area contributed by atoms with Crippen LogP contribution in [0.3, 0.4) is 0 Å².